The van der Waals surface area contributed by atoms with Crippen molar-refractivity contribution >= 4 is 6.34 Å². The van der Waals surface area contributed by atoms with Crippen LogP contribution in [-0.2, 0) is 0 Å². The summed E-state index contributed by atoms with van der Waals surface area (Å²) in [4.78, 5) is 2.09. The van der Waals surface area contributed by atoms with E-state index in [1.54, 1.807) is 0 Å². The summed E-state index contributed by atoms with van der Waals surface area (Å²) in [5.74, 6) is 0. The lowest BCUT2D eigenvalue weighted by Gasteiger charge is -2.14. The molecular weight excluding hydrogens is 138 g/mol. The van der Waals surface area contributed by atoms with Gasteiger partial charge in [-0.2, -0.15) is 5.10 Å². The standard InChI is InChI=1S/C8H17N3/c1-3-4-5-6-11-8-10(2)7-9-11/h7H,3-6,8H2,1-2H3. The first-order valence-corrected chi connectivity index (χ1v) is 4.32. The highest BCUT2D eigenvalue weighted by molar-refractivity contribution is 5.55. The van der Waals surface area contributed by atoms with Crippen molar-refractivity contribution in [2.75, 3.05) is 20.3 Å². The van der Waals surface area contributed by atoms with Crippen molar-refractivity contribution in [3.8, 4) is 0 Å². The second-order valence-corrected chi connectivity index (χ2v) is 3.07. The Kier molecular flexibility index (Phi) is 3.20. The van der Waals surface area contributed by atoms with Gasteiger partial charge in [-0.1, -0.05) is 19.8 Å². The van der Waals surface area contributed by atoms with E-state index in [-0.39, 0.29) is 0 Å². The van der Waals surface area contributed by atoms with Crippen molar-refractivity contribution in [1.29, 1.82) is 0 Å². The molecular formula is C8H17N3. The van der Waals surface area contributed by atoms with E-state index in [0.29, 0.717) is 0 Å². The molecule has 0 radical (unpaired) electrons. The summed E-state index contributed by atoms with van der Waals surface area (Å²) < 4.78 is 0. The summed E-state index contributed by atoms with van der Waals surface area (Å²) in [5, 5.41) is 6.33. The van der Waals surface area contributed by atoms with Crippen LogP contribution in [0.25, 0.3) is 0 Å². The summed E-state index contributed by atoms with van der Waals surface area (Å²) in [5.41, 5.74) is 0. The summed E-state index contributed by atoms with van der Waals surface area (Å²) in [6, 6.07) is 0. The number of nitrogens with zero attached hydrogens (tertiary/aromatic N) is 3. The second-order valence-electron chi connectivity index (χ2n) is 3.07. The molecule has 0 aromatic heterocycles. The Morgan fingerprint density at radius 2 is 2.27 bits per heavy atom. The van der Waals surface area contributed by atoms with E-state index in [4.69, 9.17) is 0 Å². The van der Waals surface area contributed by atoms with Gasteiger partial charge in [0.25, 0.3) is 0 Å². The third-order valence-corrected chi connectivity index (χ3v) is 1.82. The van der Waals surface area contributed by atoms with E-state index >= 15 is 0 Å². The topological polar surface area (TPSA) is 18.8 Å². The van der Waals surface area contributed by atoms with Crippen LogP contribution in [0, 0.1) is 0 Å². The highest BCUT2D eigenvalue weighted by Gasteiger charge is 2.07. The lowest BCUT2D eigenvalue weighted by atomic mass is 10.2. The molecule has 0 aromatic rings. The molecule has 1 aliphatic heterocycles. The zero-order valence-electron chi connectivity index (χ0n) is 7.45. The van der Waals surface area contributed by atoms with Gasteiger partial charge in [-0.05, 0) is 6.42 Å². The molecule has 0 N–H and O–H groups in total. The van der Waals surface area contributed by atoms with Crippen molar-refractivity contribution in [1.82, 2.24) is 9.91 Å². The summed E-state index contributed by atoms with van der Waals surface area (Å²) in [6.45, 7) is 4.29. The molecule has 3 nitrogen and oxygen atoms in total. The molecule has 0 saturated heterocycles. The van der Waals surface area contributed by atoms with Gasteiger partial charge in [-0.15, -0.1) is 0 Å². The molecule has 11 heavy (non-hydrogen) atoms. The maximum Gasteiger partial charge on any atom is 0.112 e. The van der Waals surface area contributed by atoms with Crippen LogP contribution in [0.5, 0.6) is 0 Å². The maximum atomic E-state index is 4.22. The Morgan fingerprint density at radius 3 is 2.82 bits per heavy atom. The quantitative estimate of drug-likeness (QED) is 0.570. The van der Waals surface area contributed by atoms with E-state index in [2.05, 4.69) is 21.9 Å². The van der Waals surface area contributed by atoms with Crippen LogP contribution in [0.3, 0.4) is 0 Å². The lowest BCUT2D eigenvalue weighted by molar-refractivity contribution is 0.248. The smallest absolute Gasteiger partial charge is 0.112 e. The van der Waals surface area contributed by atoms with Gasteiger partial charge in [0.05, 0.1) is 0 Å². The Hall–Kier alpha value is -0.730. The monoisotopic (exact) mass is 155 g/mol. The second kappa shape index (κ2) is 4.21. The molecule has 64 valence electrons. The zero-order valence-corrected chi connectivity index (χ0v) is 7.45. The highest BCUT2D eigenvalue weighted by Crippen LogP contribution is 2.02. The summed E-state index contributed by atoms with van der Waals surface area (Å²) in [6.07, 6.45) is 5.75. The van der Waals surface area contributed by atoms with Gasteiger partial charge in [0.15, 0.2) is 0 Å². The molecule has 0 aromatic carbocycles. The van der Waals surface area contributed by atoms with Crippen molar-refractivity contribution in [2.45, 2.75) is 26.2 Å². The molecule has 0 fully saturated rings. The number of hydrogen-bond acceptors (Lipinski definition) is 3. The number of rotatable bonds is 4. The number of unbranched alkanes of at least 4 members (excludes halogenated alkanes) is 2. The van der Waals surface area contributed by atoms with Gasteiger partial charge in [-0.25, -0.2) is 0 Å². The molecule has 0 saturated carbocycles. The predicted octanol–water partition coefficient (Wildman–Crippen LogP) is 1.32. The first-order chi connectivity index (χ1) is 5.33. The highest BCUT2D eigenvalue weighted by atomic mass is 15.6. The van der Waals surface area contributed by atoms with Crippen molar-refractivity contribution < 1.29 is 0 Å². The Bertz CT molecular complexity index is 133. The van der Waals surface area contributed by atoms with Crippen LogP contribution in [0.1, 0.15) is 26.2 Å². The molecule has 0 unspecified atom stereocenters. The van der Waals surface area contributed by atoms with Crippen molar-refractivity contribution in [2.24, 2.45) is 5.10 Å². The third kappa shape index (κ3) is 2.78. The first-order valence-electron chi connectivity index (χ1n) is 4.32. The summed E-state index contributed by atoms with van der Waals surface area (Å²) >= 11 is 0. The van der Waals surface area contributed by atoms with Gasteiger partial charge in [0.2, 0.25) is 0 Å². The lowest BCUT2D eigenvalue weighted by Crippen LogP contribution is -2.23. The molecule has 0 atom stereocenters. The van der Waals surface area contributed by atoms with Crippen LogP contribution in [0.4, 0.5) is 0 Å². The van der Waals surface area contributed by atoms with E-state index < -0.39 is 0 Å². The Labute approximate surface area is 68.7 Å². The number of hydrazone groups is 1. The molecule has 1 rings (SSSR count). The number of hydrogen-bond donors (Lipinski definition) is 0. The van der Waals surface area contributed by atoms with Crippen molar-refractivity contribution in [3.63, 3.8) is 0 Å². The molecule has 1 aliphatic rings. The van der Waals surface area contributed by atoms with Gasteiger partial charge >= 0.3 is 0 Å². The molecule has 0 bridgehead atoms. The van der Waals surface area contributed by atoms with Crippen LogP contribution in [0.15, 0.2) is 5.10 Å². The largest absolute Gasteiger partial charge is 0.345 e. The maximum absolute atomic E-state index is 4.22. The van der Waals surface area contributed by atoms with Gasteiger partial charge in [0, 0.05) is 13.6 Å². The normalized spacial score (nSPS) is 16.5. The third-order valence-electron chi connectivity index (χ3n) is 1.82. The van der Waals surface area contributed by atoms with Gasteiger partial charge < -0.3 is 4.90 Å². The van der Waals surface area contributed by atoms with E-state index in [9.17, 15) is 0 Å². The molecule has 0 aliphatic carbocycles. The van der Waals surface area contributed by atoms with Crippen molar-refractivity contribution in [3.05, 3.63) is 0 Å². The van der Waals surface area contributed by atoms with Gasteiger partial charge in [-0.3, -0.25) is 5.01 Å². The zero-order chi connectivity index (χ0) is 8.10. The van der Waals surface area contributed by atoms with Crippen LogP contribution in [0.2, 0.25) is 0 Å². The van der Waals surface area contributed by atoms with Crippen LogP contribution >= 0.6 is 0 Å². The minimum absolute atomic E-state index is 0.962. The molecule has 3 heteroatoms. The fraction of sp³-hybridized carbons (Fsp3) is 0.875. The van der Waals surface area contributed by atoms with E-state index in [1.807, 2.05) is 13.4 Å². The fourth-order valence-corrected chi connectivity index (χ4v) is 1.16. The molecule has 0 amide bonds. The van der Waals surface area contributed by atoms with Crippen LogP contribution < -0.4 is 0 Å². The molecule has 1 heterocycles. The van der Waals surface area contributed by atoms with Gasteiger partial charge in [0.1, 0.15) is 13.0 Å². The Balaban J connectivity index is 2.05. The molecule has 0 spiro atoms. The van der Waals surface area contributed by atoms with Crippen LogP contribution in [-0.4, -0.2) is 36.5 Å². The minimum atomic E-state index is 0.962. The SMILES string of the molecule is CCCCCN1CN(C)C=N1. The first kappa shape index (κ1) is 8.37. The fourth-order valence-electron chi connectivity index (χ4n) is 1.16. The van der Waals surface area contributed by atoms with E-state index in [0.717, 1.165) is 13.2 Å². The predicted molar refractivity (Wildman–Crippen MR) is 47.4 cm³/mol. The average molecular weight is 155 g/mol. The summed E-state index contributed by atoms with van der Waals surface area (Å²) in [7, 11) is 2.04. The average Bonchev–Trinajstić information content (AvgIpc) is 2.37. The minimum Gasteiger partial charge on any atom is -0.345 e. The Morgan fingerprint density at radius 1 is 1.45 bits per heavy atom. The van der Waals surface area contributed by atoms with E-state index in [1.165, 1.54) is 19.3 Å².